The van der Waals surface area contributed by atoms with E-state index in [0.717, 1.165) is 12.0 Å². The summed E-state index contributed by atoms with van der Waals surface area (Å²) in [5.74, 6) is -1.62. The minimum atomic E-state index is -1.26. The van der Waals surface area contributed by atoms with Crippen LogP contribution in [-0.4, -0.2) is 21.7 Å². The van der Waals surface area contributed by atoms with Crippen LogP contribution >= 0.6 is 11.6 Å². The summed E-state index contributed by atoms with van der Waals surface area (Å²) in [5.41, 5.74) is 2.46. The Labute approximate surface area is 143 Å². The molecule has 0 fully saturated rings. The average Bonchev–Trinajstić information content (AvgIpc) is 2.91. The third kappa shape index (κ3) is 3.03. The minimum absolute atomic E-state index is 0.206. The van der Waals surface area contributed by atoms with Gasteiger partial charge in [0.05, 0.1) is 5.69 Å². The van der Waals surface area contributed by atoms with Gasteiger partial charge in [-0.25, -0.2) is 0 Å². The maximum atomic E-state index is 12.8. The number of carboxylic acid groups (broad SMARTS) is 1. The zero-order valence-corrected chi connectivity index (χ0v) is 13.7. The fraction of sp³-hybridized carbons (Fsp3) is 0.167. The number of nitrogens with zero attached hydrogens (tertiary/aromatic N) is 1. The highest BCUT2D eigenvalue weighted by molar-refractivity contribution is 6.31. The van der Waals surface area contributed by atoms with Gasteiger partial charge in [-0.3, -0.25) is 9.78 Å². The number of carbonyl (C=O) groups excluding carboxylic acids is 2. The van der Waals surface area contributed by atoms with E-state index in [1.165, 1.54) is 0 Å². The number of benzene rings is 1. The molecule has 5 nitrogen and oxygen atoms in total. The molecule has 0 aliphatic rings. The SMILES string of the molecule is CCc1ccnc(C(=O)c2[nH]c3ccc(Cl)cc3c2CC(=O)[O-])c1. The van der Waals surface area contributed by atoms with Gasteiger partial charge in [0, 0.05) is 34.5 Å². The van der Waals surface area contributed by atoms with Crippen molar-refractivity contribution in [1.82, 2.24) is 9.97 Å². The Morgan fingerprint density at radius 2 is 2.04 bits per heavy atom. The third-order valence-electron chi connectivity index (χ3n) is 3.88. The number of aromatic amines is 1. The van der Waals surface area contributed by atoms with E-state index in [9.17, 15) is 14.7 Å². The van der Waals surface area contributed by atoms with Gasteiger partial charge >= 0.3 is 0 Å². The molecule has 2 aromatic heterocycles. The van der Waals surface area contributed by atoms with Crippen molar-refractivity contribution in [2.45, 2.75) is 19.8 Å². The number of aryl methyl sites for hydroxylation is 1. The highest BCUT2D eigenvalue weighted by atomic mass is 35.5. The number of aromatic nitrogens is 2. The van der Waals surface area contributed by atoms with E-state index in [1.807, 2.05) is 13.0 Å². The number of hydrogen-bond donors (Lipinski definition) is 1. The lowest BCUT2D eigenvalue weighted by Gasteiger charge is -2.06. The topological polar surface area (TPSA) is 85.9 Å². The van der Waals surface area contributed by atoms with Gasteiger partial charge in [0.1, 0.15) is 5.69 Å². The van der Waals surface area contributed by atoms with Crippen LogP contribution in [0.3, 0.4) is 0 Å². The summed E-state index contributed by atoms with van der Waals surface area (Å²) in [5, 5.41) is 12.2. The maximum Gasteiger partial charge on any atom is 0.227 e. The number of carboxylic acids is 1. The predicted molar refractivity (Wildman–Crippen MR) is 89.1 cm³/mol. The minimum Gasteiger partial charge on any atom is -0.550 e. The Balaban J connectivity index is 2.16. The fourth-order valence-electron chi connectivity index (χ4n) is 2.69. The van der Waals surface area contributed by atoms with Crippen molar-refractivity contribution in [2.24, 2.45) is 0 Å². The van der Waals surface area contributed by atoms with Crippen molar-refractivity contribution in [2.75, 3.05) is 0 Å². The Kier molecular flexibility index (Phi) is 4.36. The number of pyridine rings is 1. The number of carbonyl (C=O) groups is 2. The van der Waals surface area contributed by atoms with E-state index in [-0.39, 0.29) is 23.6 Å². The Bertz CT molecular complexity index is 947. The lowest BCUT2D eigenvalue weighted by Crippen LogP contribution is -2.25. The molecule has 24 heavy (non-hydrogen) atoms. The molecular weight excluding hydrogens is 328 g/mol. The first-order valence-electron chi connectivity index (χ1n) is 7.49. The molecule has 0 unspecified atom stereocenters. The number of H-pyrrole nitrogens is 1. The number of halogens is 1. The van der Waals surface area contributed by atoms with Crippen molar-refractivity contribution < 1.29 is 14.7 Å². The van der Waals surface area contributed by atoms with Crippen molar-refractivity contribution >= 4 is 34.3 Å². The van der Waals surface area contributed by atoms with Gasteiger partial charge in [-0.05, 0) is 47.9 Å². The van der Waals surface area contributed by atoms with Crippen LogP contribution in [0.25, 0.3) is 10.9 Å². The third-order valence-corrected chi connectivity index (χ3v) is 4.12. The lowest BCUT2D eigenvalue weighted by molar-refractivity contribution is -0.304. The summed E-state index contributed by atoms with van der Waals surface area (Å²) in [4.78, 5) is 31.1. The molecule has 122 valence electrons. The van der Waals surface area contributed by atoms with Gasteiger partial charge < -0.3 is 14.9 Å². The molecule has 0 amide bonds. The zero-order chi connectivity index (χ0) is 17.3. The number of fused-ring (bicyclic) bond motifs is 1. The lowest BCUT2D eigenvalue weighted by atomic mass is 10.0. The summed E-state index contributed by atoms with van der Waals surface area (Å²) >= 11 is 6.00. The number of rotatable bonds is 5. The van der Waals surface area contributed by atoms with Gasteiger partial charge in [0.2, 0.25) is 5.78 Å². The molecule has 0 bridgehead atoms. The van der Waals surface area contributed by atoms with Crippen LogP contribution < -0.4 is 5.11 Å². The zero-order valence-electron chi connectivity index (χ0n) is 12.9. The van der Waals surface area contributed by atoms with E-state index in [0.29, 0.717) is 21.5 Å². The number of hydrogen-bond acceptors (Lipinski definition) is 4. The van der Waals surface area contributed by atoms with Crippen molar-refractivity contribution in [1.29, 1.82) is 0 Å². The van der Waals surface area contributed by atoms with E-state index in [4.69, 9.17) is 11.6 Å². The highest BCUT2D eigenvalue weighted by Crippen LogP contribution is 2.27. The molecule has 0 atom stereocenters. The predicted octanol–water partition coefficient (Wildman–Crippen LogP) is 2.30. The molecule has 3 aromatic rings. The Morgan fingerprint density at radius 1 is 1.25 bits per heavy atom. The van der Waals surface area contributed by atoms with Gasteiger partial charge in [0.25, 0.3) is 0 Å². The van der Waals surface area contributed by atoms with Crippen LogP contribution in [-0.2, 0) is 17.6 Å². The van der Waals surface area contributed by atoms with Crippen molar-refractivity contribution in [3.63, 3.8) is 0 Å². The van der Waals surface area contributed by atoms with Crippen molar-refractivity contribution in [3.05, 3.63) is 64.1 Å². The first kappa shape index (κ1) is 16.2. The van der Waals surface area contributed by atoms with Crippen LogP contribution in [0.15, 0.2) is 36.5 Å². The van der Waals surface area contributed by atoms with Gasteiger partial charge in [-0.1, -0.05) is 18.5 Å². The number of ketones is 1. The molecule has 1 aromatic carbocycles. The molecule has 0 saturated heterocycles. The van der Waals surface area contributed by atoms with Gasteiger partial charge in [-0.2, -0.15) is 0 Å². The van der Waals surface area contributed by atoms with Crippen molar-refractivity contribution in [3.8, 4) is 0 Å². The smallest absolute Gasteiger partial charge is 0.227 e. The van der Waals surface area contributed by atoms with E-state index in [1.54, 1.807) is 30.5 Å². The molecule has 2 heterocycles. The summed E-state index contributed by atoms with van der Waals surface area (Å²) in [7, 11) is 0. The van der Waals surface area contributed by atoms with Crippen LogP contribution in [0.2, 0.25) is 5.02 Å². The van der Waals surface area contributed by atoms with Crippen LogP contribution in [0.1, 0.15) is 34.2 Å². The quantitative estimate of drug-likeness (QED) is 0.721. The number of aliphatic carboxylic acids is 1. The normalized spacial score (nSPS) is 10.9. The standard InChI is InChI=1S/C18H15ClN2O3/c1-2-10-5-6-20-15(7-10)18(24)17-13(9-16(22)23)12-8-11(19)3-4-14(12)21-17/h3-8,21H,2,9H2,1H3,(H,22,23)/p-1. The maximum absolute atomic E-state index is 12.8. The van der Waals surface area contributed by atoms with Crippen LogP contribution in [0, 0.1) is 0 Å². The molecule has 0 saturated carbocycles. The van der Waals surface area contributed by atoms with Crippen LogP contribution in [0.4, 0.5) is 0 Å². The van der Waals surface area contributed by atoms with E-state index in [2.05, 4.69) is 9.97 Å². The summed E-state index contributed by atoms with van der Waals surface area (Å²) < 4.78 is 0. The van der Waals surface area contributed by atoms with Gasteiger partial charge in [0.15, 0.2) is 0 Å². The molecule has 0 spiro atoms. The molecule has 6 heteroatoms. The second kappa shape index (κ2) is 6.45. The second-order valence-corrected chi connectivity index (χ2v) is 5.89. The molecule has 3 rings (SSSR count). The molecular formula is C18H14ClN2O3-. The van der Waals surface area contributed by atoms with E-state index < -0.39 is 5.97 Å². The van der Waals surface area contributed by atoms with Crippen LogP contribution in [0.5, 0.6) is 0 Å². The highest BCUT2D eigenvalue weighted by Gasteiger charge is 2.20. The molecule has 0 aliphatic carbocycles. The summed E-state index contributed by atoms with van der Waals surface area (Å²) in [6.07, 6.45) is 1.97. The summed E-state index contributed by atoms with van der Waals surface area (Å²) in [6, 6.07) is 8.57. The Hall–Kier alpha value is -2.66. The summed E-state index contributed by atoms with van der Waals surface area (Å²) in [6.45, 7) is 1.98. The average molecular weight is 342 g/mol. The van der Waals surface area contributed by atoms with Gasteiger partial charge in [-0.15, -0.1) is 0 Å². The Morgan fingerprint density at radius 3 is 2.75 bits per heavy atom. The molecule has 1 N–H and O–H groups in total. The molecule has 0 radical (unpaired) electrons. The fourth-order valence-corrected chi connectivity index (χ4v) is 2.86. The number of nitrogens with one attached hydrogen (secondary N) is 1. The second-order valence-electron chi connectivity index (χ2n) is 5.45. The molecule has 0 aliphatic heterocycles. The largest absolute Gasteiger partial charge is 0.550 e. The van der Waals surface area contributed by atoms with E-state index >= 15 is 0 Å². The first-order valence-corrected chi connectivity index (χ1v) is 7.87. The first-order chi connectivity index (χ1) is 11.5. The monoisotopic (exact) mass is 341 g/mol.